The van der Waals surface area contributed by atoms with Gasteiger partial charge in [0, 0.05) is 36.6 Å². The molecule has 5 rings (SSSR count). The van der Waals surface area contributed by atoms with Gasteiger partial charge in [-0.25, -0.2) is 22.9 Å². The van der Waals surface area contributed by atoms with Crippen LogP contribution in [0.2, 0.25) is 0 Å². The number of carbonyl (C=O) groups is 1. The number of benzene rings is 1. The maximum absolute atomic E-state index is 12.8. The Hall–Kier alpha value is -4.01. The zero-order chi connectivity index (χ0) is 28.9. The fourth-order valence-corrected chi connectivity index (χ4v) is 5.92. The third kappa shape index (κ3) is 6.58. The largest absolute Gasteiger partial charge is 0.503 e. The molecule has 0 aliphatic heterocycles. The van der Waals surface area contributed by atoms with Crippen LogP contribution in [-0.4, -0.2) is 81.8 Å². The van der Waals surface area contributed by atoms with Crippen LogP contribution < -0.4 is 5.73 Å². The van der Waals surface area contributed by atoms with Crippen molar-refractivity contribution >= 4 is 27.5 Å². The van der Waals surface area contributed by atoms with E-state index in [1.165, 1.54) is 10.8 Å². The number of para-hydroxylation sites is 1. The number of methoxy groups -OCH3 is 1. The van der Waals surface area contributed by atoms with Crippen molar-refractivity contribution in [1.82, 2.24) is 24.4 Å². The predicted octanol–water partition coefficient (Wildman–Crippen LogP) is 3.48. The number of nitrogen functional groups attached to an aromatic ring is 1. The molecule has 1 aliphatic rings. The molecule has 0 amide bonds. The standard InChI is InChI=1S/C25H30N6O4S.CH2O3/c1-34-12-13-35-20-10-8-17(9-11-20)22-23(36(2,32)33)24(26)31-25(29-22)21(15-28-31)18-14-27-30(16-18)19-6-4-3-5-7-19;2-1(3)4/h3-7,14-17,20H,8-13,26H2,1-2H3;(H2,2,3,4). The minimum atomic E-state index is -3.64. The van der Waals surface area contributed by atoms with Crippen molar-refractivity contribution in [2.75, 3.05) is 32.3 Å². The number of hydrogen-bond donors (Lipinski definition) is 3. The number of aromatic nitrogens is 5. The van der Waals surface area contributed by atoms with E-state index in [4.69, 9.17) is 35.2 Å². The van der Waals surface area contributed by atoms with Crippen LogP contribution >= 0.6 is 0 Å². The van der Waals surface area contributed by atoms with E-state index < -0.39 is 16.0 Å². The van der Waals surface area contributed by atoms with Gasteiger partial charge in [-0.2, -0.15) is 14.7 Å². The third-order valence-electron chi connectivity index (χ3n) is 6.65. The smallest absolute Gasteiger partial charge is 0.450 e. The highest BCUT2D eigenvalue weighted by Crippen LogP contribution is 2.39. The molecule has 40 heavy (non-hydrogen) atoms. The summed E-state index contributed by atoms with van der Waals surface area (Å²) in [5.41, 5.74) is 9.93. The van der Waals surface area contributed by atoms with E-state index in [-0.39, 0.29) is 22.7 Å². The van der Waals surface area contributed by atoms with Gasteiger partial charge in [0.15, 0.2) is 15.5 Å². The first-order valence-electron chi connectivity index (χ1n) is 12.6. The zero-order valence-electron chi connectivity index (χ0n) is 22.2. The summed E-state index contributed by atoms with van der Waals surface area (Å²) < 4.78 is 39.8. The van der Waals surface area contributed by atoms with Gasteiger partial charge in [0.05, 0.1) is 43.1 Å². The zero-order valence-corrected chi connectivity index (χ0v) is 23.0. The van der Waals surface area contributed by atoms with Crippen LogP contribution in [0.5, 0.6) is 0 Å². The average molecular weight is 573 g/mol. The molecule has 3 heterocycles. The van der Waals surface area contributed by atoms with Crippen LogP contribution in [0.1, 0.15) is 37.3 Å². The second-order valence-corrected chi connectivity index (χ2v) is 11.4. The first-order valence-corrected chi connectivity index (χ1v) is 14.5. The SMILES string of the molecule is COCCOC1CCC(c2nc3c(-c4cnn(-c5ccccc5)c4)cnn3c(N)c2S(C)(=O)=O)CC1.O=C(O)O. The Morgan fingerprint density at radius 3 is 2.38 bits per heavy atom. The molecule has 0 spiro atoms. The molecule has 214 valence electrons. The van der Waals surface area contributed by atoms with Gasteiger partial charge in [-0.15, -0.1) is 0 Å². The van der Waals surface area contributed by atoms with E-state index in [0.29, 0.717) is 24.6 Å². The second-order valence-electron chi connectivity index (χ2n) is 9.41. The maximum Gasteiger partial charge on any atom is 0.503 e. The van der Waals surface area contributed by atoms with Crippen molar-refractivity contribution in [2.45, 2.75) is 42.6 Å². The first kappa shape index (κ1) is 29.0. The summed E-state index contributed by atoms with van der Waals surface area (Å²) in [6.07, 6.45) is 7.93. The number of fused-ring (bicyclic) bond motifs is 1. The summed E-state index contributed by atoms with van der Waals surface area (Å²) in [5, 5.41) is 22.8. The van der Waals surface area contributed by atoms with E-state index in [1.807, 2.05) is 36.5 Å². The Morgan fingerprint density at radius 1 is 1.07 bits per heavy atom. The molecule has 0 unspecified atom stereocenters. The second kappa shape index (κ2) is 12.4. The fourth-order valence-electron chi connectivity index (χ4n) is 4.86. The quantitative estimate of drug-likeness (QED) is 0.263. The lowest BCUT2D eigenvalue weighted by Gasteiger charge is -2.29. The summed E-state index contributed by atoms with van der Waals surface area (Å²) in [5.74, 6) is 0.0387. The Balaban J connectivity index is 0.000000867. The number of nitrogens with zero attached hydrogens (tertiary/aromatic N) is 5. The van der Waals surface area contributed by atoms with E-state index in [0.717, 1.165) is 42.5 Å². The molecule has 0 bridgehead atoms. The average Bonchev–Trinajstić information content (AvgIpc) is 3.56. The summed E-state index contributed by atoms with van der Waals surface area (Å²) in [7, 11) is -1.99. The molecular formula is C26H32N6O7S. The van der Waals surface area contributed by atoms with E-state index in [1.54, 1.807) is 24.2 Å². The topological polar surface area (TPSA) is 184 Å². The number of anilines is 1. The summed E-state index contributed by atoms with van der Waals surface area (Å²) in [6, 6.07) is 9.78. The molecule has 4 aromatic rings. The van der Waals surface area contributed by atoms with Crippen molar-refractivity contribution in [3.05, 3.63) is 54.6 Å². The molecule has 13 nitrogen and oxygen atoms in total. The predicted molar refractivity (Wildman–Crippen MR) is 147 cm³/mol. The van der Waals surface area contributed by atoms with E-state index >= 15 is 0 Å². The van der Waals surface area contributed by atoms with Gasteiger partial charge < -0.3 is 25.4 Å². The molecule has 0 atom stereocenters. The monoisotopic (exact) mass is 572 g/mol. The highest BCUT2D eigenvalue weighted by molar-refractivity contribution is 7.91. The number of rotatable bonds is 8. The minimum Gasteiger partial charge on any atom is -0.450 e. The van der Waals surface area contributed by atoms with Crippen LogP contribution in [0, 0.1) is 0 Å². The molecular weight excluding hydrogens is 540 g/mol. The molecule has 4 N–H and O–H groups in total. The molecule has 1 aliphatic carbocycles. The number of hydrogen-bond acceptors (Lipinski definition) is 9. The molecule has 1 saturated carbocycles. The maximum atomic E-state index is 12.8. The lowest BCUT2D eigenvalue weighted by Crippen LogP contribution is -2.24. The molecule has 0 radical (unpaired) electrons. The van der Waals surface area contributed by atoms with Gasteiger partial charge >= 0.3 is 6.16 Å². The number of ether oxygens (including phenoxy) is 2. The highest BCUT2D eigenvalue weighted by Gasteiger charge is 2.32. The summed E-state index contributed by atoms with van der Waals surface area (Å²) in [6.45, 7) is 1.10. The molecule has 3 aromatic heterocycles. The molecule has 1 aromatic carbocycles. The Morgan fingerprint density at radius 2 is 1.75 bits per heavy atom. The van der Waals surface area contributed by atoms with Gasteiger partial charge in [-0.1, -0.05) is 18.2 Å². The van der Waals surface area contributed by atoms with Gasteiger partial charge in [-0.3, -0.25) is 0 Å². The van der Waals surface area contributed by atoms with Crippen LogP contribution in [0.25, 0.3) is 22.5 Å². The van der Waals surface area contributed by atoms with Crippen LogP contribution in [0.15, 0.2) is 53.8 Å². The Kier molecular flexibility index (Phi) is 9.02. The fraction of sp³-hybridized carbons (Fsp3) is 0.385. The lowest BCUT2D eigenvalue weighted by molar-refractivity contribution is -0.00308. The van der Waals surface area contributed by atoms with Gasteiger partial charge in [-0.05, 0) is 37.8 Å². The summed E-state index contributed by atoms with van der Waals surface area (Å²) in [4.78, 5) is 13.5. The van der Waals surface area contributed by atoms with Crippen LogP contribution in [0.3, 0.4) is 0 Å². The van der Waals surface area contributed by atoms with Crippen molar-refractivity contribution in [3.8, 4) is 16.8 Å². The molecule has 1 fully saturated rings. The van der Waals surface area contributed by atoms with Crippen LogP contribution in [0.4, 0.5) is 10.6 Å². The minimum absolute atomic E-state index is 0.0425. The van der Waals surface area contributed by atoms with Crippen molar-refractivity contribution in [2.24, 2.45) is 0 Å². The number of nitrogens with two attached hydrogens (primary N) is 1. The first-order chi connectivity index (χ1) is 19.1. The number of sulfone groups is 1. The Bertz CT molecular complexity index is 1560. The van der Waals surface area contributed by atoms with Crippen LogP contribution in [-0.2, 0) is 19.3 Å². The van der Waals surface area contributed by atoms with Gasteiger partial charge in [0.1, 0.15) is 10.7 Å². The van der Waals surface area contributed by atoms with Crippen molar-refractivity contribution in [3.63, 3.8) is 0 Å². The van der Waals surface area contributed by atoms with E-state index in [2.05, 4.69) is 10.2 Å². The Labute approximate surface area is 231 Å². The third-order valence-corrected chi connectivity index (χ3v) is 7.81. The lowest BCUT2D eigenvalue weighted by atomic mass is 9.85. The van der Waals surface area contributed by atoms with Gasteiger partial charge in [0.2, 0.25) is 0 Å². The van der Waals surface area contributed by atoms with Crippen molar-refractivity contribution < 1.29 is 32.9 Å². The van der Waals surface area contributed by atoms with Gasteiger partial charge in [0.25, 0.3) is 0 Å². The highest BCUT2D eigenvalue weighted by atomic mass is 32.2. The summed E-state index contributed by atoms with van der Waals surface area (Å²) >= 11 is 0. The molecule has 14 heteroatoms. The normalized spacial score (nSPS) is 17.4. The van der Waals surface area contributed by atoms with E-state index in [9.17, 15) is 8.42 Å². The molecule has 0 saturated heterocycles. The van der Waals surface area contributed by atoms with Crippen molar-refractivity contribution in [1.29, 1.82) is 0 Å². The number of carboxylic acid groups (broad SMARTS) is 2.